The quantitative estimate of drug-likeness (QED) is 0.869. The fourth-order valence-electron chi connectivity index (χ4n) is 1.76. The average Bonchev–Trinajstić information content (AvgIpc) is 2.88. The average molecular weight is 249 g/mol. The van der Waals surface area contributed by atoms with Crippen LogP contribution < -0.4 is 0 Å². The summed E-state index contributed by atoms with van der Waals surface area (Å²) in [6, 6.07) is 0. The summed E-state index contributed by atoms with van der Waals surface area (Å²) in [5, 5.41) is 16.7. The molecule has 0 saturated carbocycles. The van der Waals surface area contributed by atoms with Gasteiger partial charge in [-0.25, -0.2) is 0 Å². The van der Waals surface area contributed by atoms with Gasteiger partial charge in [-0.15, -0.1) is 0 Å². The van der Waals surface area contributed by atoms with E-state index in [9.17, 15) is 4.79 Å². The van der Waals surface area contributed by atoms with Crippen molar-refractivity contribution in [1.29, 1.82) is 0 Å². The Labute approximate surface area is 104 Å². The number of hydrogen-bond acceptors (Lipinski definition) is 4. The molecule has 96 valence electrons. The summed E-state index contributed by atoms with van der Waals surface area (Å²) in [5.74, 6) is -0.0106. The molecule has 0 radical (unpaired) electrons. The number of carboxylic acid groups (broad SMARTS) is 1. The molecule has 0 amide bonds. The van der Waals surface area contributed by atoms with Gasteiger partial charge in [0.15, 0.2) is 0 Å². The third kappa shape index (κ3) is 2.77. The standard InChI is InChI=1S/C12H15N3O3/c1-8-11(9(2)18-14-8)7-15-6-10(5-13-15)3-4-12(16)17/h5-6H,3-4,7H2,1-2H3,(H,16,17). The monoisotopic (exact) mass is 249 g/mol. The van der Waals surface area contributed by atoms with Crippen molar-refractivity contribution in [2.24, 2.45) is 0 Å². The zero-order valence-electron chi connectivity index (χ0n) is 10.4. The molecule has 0 bridgehead atoms. The normalized spacial score (nSPS) is 10.8. The Hall–Kier alpha value is -2.11. The number of nitrogens with zero attached hydrogens (tertiary/aromatic N) is 3. The maximum Gasteiger partial charge on any atom is 0.303 e. The van der Waals surface area contributed by atoms with Crippen molar-refractivity contribution < 1.29 is 14.4 Å². The molecule has 6 heteroatoms. The van der Waals surface area contributed by atoms with Crippen LogP contribution in [0.5, 0.6) is 0 Å². The van der Waals surface area contributed by atoms with Crippen LogP contribution in [0.3, 0.4) is 0 Å². The lowest BCUT2D eigenvalue weighted by molar-refractivity contribution is -0.136. The third-order valence-corrected chi connectivity index (χ3v) is 2.82. The van der Waals surface area contributed by atoms with E-state index in [4.69, 9.17) is 9.63 Å². The van der Waals surface area contributed by atoms with Gasteiger partial charge < -0.3 is 9.63 Å². The van der Waals surface area contributed by atoms with Crippen molar-refractivity contribution in [3.8, 4) is 0 Å². The predicted octanol–water partition coefficient (Wildman–Crippen LogP) is 1.55. The van der Waals surface area contributed by atoms with E-state index in [0.29, 0.717) is 13.0 Å². The van der Waals surface area contributed by atoms with E-state index >= 15 is 0 Å². The minimum absolute atomic E-state index is 0.122. The van der Waals surface area contributed by atoms with Gasteiger partial charge in [0.1, 0.15) is 5.76 Å². The molecule has 0 aromatic carbocycles. The molecule has 2 rings (SSSR count). The Kier molecular flexibility index (Phi) is 3.45. The van der Waals surface area contributed by atoms with Crippen LogP contribution in [0.15, 0.2) is 16.9 Å². The van der Waals surface area contributed by atoms with Crippen LogP contribution in [0, 0.1) is 13.8 Å². The molecule has 2 aromatic rings. The summed E-state index contributed by atoms with van der Waals surface area (Å²) in [7, 11) is 0. The second-order valence-electron chi connectivity index (χ2n) is 4.24. The van der Waals surface area contributed by atoms with E-state index in [-0.39, 0.29) is 6.42 Å². The fraction of sp³-hybridized carbons (Fsp3) is 0.417. The zero-order valence-corrected chi connectivity index (χ0v) is 10.4. The van der Waals surface area contributed by atoms with Crippen LogP contribution in [-0.4, -0.2) is 26.0 Å². The van der Waals surface area contributed by atoms with E-state index in [1.165, 1.54) is 0 Å². The van der Waals surface area contributed by atoms with Crippen LogP contribution in [0.1, 0.15) is 29.0 Å². The minimum Gasteiger partial charge on any atom is -0.481 e. The Morgan fingerprint density at radius 3 is 2.89 bits per heavy atom. The first kappa shape index (κ1) is 12.3. The number of carboxylic acids is 1. The van der Waals surface area contributed by atoms with E-state index < -0.39 is 5.97 Å². The van der Waals surface area contributed by atoms with E-state index in [1.807, 2.05) is 20.0 Å². The lowest BCUT2D eigenvalue weighted by atomic mass is 10.2. The summed E-state index contributed by atoms with van der Waals surface area (Å²) in [6.45, 7) is 4.35. The number of aromatic nitrogens is 3. The summed E-state index contributed by atoms with van der Waals surface area (Å²) < 4.78 is 6.85. The van der Waals surface area contributed by atoms with Gasteiger partial charge in [-0.05, 0) is 25.8 Å². The number of aryl methyl sites for hydroxylation is 3. The molecule has 18 heavy (non-hydrogen) atoms. The van der Waals surface area contributed by atoms with Gasteiger partial charge in [0.05, 0.1) is 18.4 Å². The smallest absolute Gasteiger partial charge is 0.303 e. The molecular formula is C12H15N3O3. The molecule has 0 aliphatic rings. The van der Waals surface area contributed by atoms with Gasteiger partial charge in [0.25, 0.3) is 0 Å². The molecule has 6 nitrogen and oxygen atoms in total. The molecule has 0 spiro atoms. The number of hydrogen-bond donors (Lipinski definition) is 1. The first-order valence-corrected chi connectivity index (χ1v) is 5.71. The SMILES string of the molecule is Cc1noc(C)c1Cn1cc(CCC(=O)O)cn1. The van der Waals surface area contributed by atoms with Crippen LogP contribution in [-0.2, 0) is 17.8 Å². The molecule has 2 heterocycles. The maximum atomic E-state index is 10.5. The van der Waals surface area contributed by atoms with Crippen molar-refractivity contribution in [2.45, 2.75) is 33.2 Å². The van der Waals surface area contributed by atoms with E-state index in [2.05, 4.69) is 10.3 Å². The molecule has 0 fully saturated rings. The van der Waals surface area contributed by atoms with Crippen molar-refractivity contribution in [3.63, 3.8) is 0 Å². The first-order chi connectivity index (χ1) is 8.56. The number of carbonyl (C=O) groups is 1. The highest BCUT2D eigenvalue weighted by Crippen LogP contribution is 2.14. The summed E-state index contributed by atoms with van der Waals surface area (Å²) in [4.78, 5) is 10.5. The van der Waals surface area contributed by atoms with E-state index in [1.54, 1.807) is 10.9 Å². The number of aliphatic carboxylic acids is 1. The highest BCUT2D eigenvalue weighted by atomic mass is 16.5. The minimum atomic E-state index is -0.798. The third-order valence-electron chi connectivity index (χ3n) is 2.82. The second-order valence-corrected chi connectivity index (χ2v) is 4.24. The fourth-order valence-corrected chi connectivity index (χ4v) is 1.76. The van der Waals surface area contributed by atoms with Crippen LogP contribution in [0.25, 0.3) is 0 Å². The molecule has 0 atom stereocenters. The second kappa shape index (κ2) is 5.03. The Morgan fingerprint density at radius 2 is 2.28 bits per heavy atom. The Morgan fingerprint density at radius 1 is 1.50 bits per heavy atom. The van der Waals surface area contributed by atoms with Crippen molar-refractivity contribution in [2.75, 3.05) is 0 Å². The summed E-state index contributed by atoms with van der Waals surface area (Å²) in [6.07, 6.45) is 4.17. The van der Waals surface area contributed by atoms with Gasteiger partial charge in [-0.3, -0.25) is 9.48 Å². The van der Waals surface area contributed by atoms with Crippen LogP contribution >= 0.6 is 0 Å². The molecular weight excluding hydrogens is 234 g/mol. The topological polar surface area (TPSA) is 81.2 Å². The van der Waals surface area contributed by atoms with Crippen molar-refractivity contribution >= 4 is 5.97 Å². The molecule has 0 aliphatic carbocycles. The molecule has 0 aliphatic heterocycles. The van der Waals surface area contributed by atoms with Crippen molar-refractivity contribution in [3.05, 3.63) is 35.0 Å². The van der Waals surface area contributed by atoms with E-state index in [0.717, 1.165) is 22.6 Å². The van der Waals surface area contributed by atoms with Crippen LogP contribution in [0.2, 0.25) is 0 Å². The molecule has 0 saturated heterocycles. The van der Waals surface area contributed by atoms with Crippen LogP contribution in [0.4, 0.5) is 0 Å². The Bertz CT molecular complexity index is 537. The zero-order chi connectivity index (χ0) is 13.1. The van der Waals surface area contributed by atoms with Gasteiger partial charge in [-0.1, -0.05) is 5.16 Å². The molecule has 1 N–H and O–H groups in total. The molecule has 0 unspecified atom stereocenters. The lowest BCUT2D eigenvalue weighted by Crippen LogP contribution is -2.02. The van der Waals surface area contributed by atoms with Gasteiger partial charge in [0, 0.05) is 18.2 Å². The molecule has 2 aromatic heterocycles. The van der Waals surface area contributed by atoms with Gasteiger partial charge >= 0.3 is 5.97 Å². The Balaban J connectivity index is 2.05. The highest BCUT2D eigenvalue weighted by Gasteiger charge is 2.10. The summed E-state index contributed by atoms with van der Waals surface area (Å²) >= 11 is 0. The maximum absolute atomic E-state index is 10.5. The van der Waals surface area contributed by atoms with Gasteiger partial charge in [-0.2, -0.15) is 5.10 Å². The lowest BCUT2D eigenvalue weighted by Gasteiger charge is -2.00. The highest BCUT2D eigenvalue weighted by molar-refractivity contribution is 5.67. The first-order valence-electron chi connectivity index (χ1n) is 5.71. The van der Waals surface area contributed by atoms with Gasteiger partial charge in [0.2, 0.25) is 0 Å². The summed E-state index contributed by atoms with van der Waals surface area (Å²) in [5.41, 5.74) is 2.79. The number of rotatable bonds is 5. The van der Waals surface area contributed by atoms with Crippen molar-refractivity contribution in [1.82, 2.24) is 14.9 Å². The predicted molar refractivity (Wildman–Crippen MR) is 63.3 cm³/mol. The largest absolute Gasteiger partial charge is 0.481 e.